The van der Waals surface area contributed by atoms with Crippen molar-refractivity contribution in [1.29, 1.82) is 0 Å². The highest BCUT2D eigenvalue weighted by Crippen LogP contribution is 2.22. The Balaban J connectivity index is 1.50. The number of ether oxygens (including phenoxy) is 1. The van der Waals surface area contributed by atoms with Crippen molar-refractivity contribution >= 4 is 16.7 Å². The van der Waals surface area contributed by atoms with Gasteiger partial charge in [-0.2, -0.15) is 0 Å². The number of amides is 1. The first-order chi connectivity index (χ1) is 13.2. The van der Waals surface area contributed by atoms with Crippen LogP contribution in [0.5, 0.6) is 5.75 Å². The van der Waals surface area contributed by atoms with Crippen molar-refractivity contribution in [3.05, 3.63) is 90.5 Å². The predicted molar refractivity (Wildman–Crippen MR) is 105 cm³/mol. The zero-order chi connectivity index (χ0) is 18.6. The van der Waals surface area contributed by atoms with E-state index in [0.29, 0.717) is 12.2 Å². The topological polar surface area (TPSA) is 56.1 Å². The summed E-state index contributed by atoms with van der Waals surface area (Å²) in [5.41, 5.74) is 2.44. The first-order valence-electron chi connectivity index (χ1n) is 8.67. The number of fused-ring (bicyclic) bond motifs is 1. The van der Waals surface area contributed by atoms with Gasteiger partial charge in [-0.1, -0.05) is 36.4 Å². The molecule has 4 aromatic rings. The lowest BCUT2D eigenvalue weighted by molar-refractivity contribution is 0.0944. The van der Waals surface area contributed by atoms with Crippen molar-refractivity contribution in [2.45, 2.75) is 6.54 Å². The molecule has 0 aliphatic rings. The lowest BCUT2D eigenvalue weighted by Crippen LogP contribution is -2.25. The van der Waals surface area contributed by atoms with E-state index in [9.17, 15) is 4.79 Å². The van der Waals surface area contributed by atoms with Gasteiger partial charge in [0, 0.05) is 12.2 Å². The number of benzene rings is 3. The van der Waals surface area contributed by atoms with E-state index >= 15 is 0 Å². The van der Waals surface area contributed by atoms with Gasteiger partial charge in [0.05, 0.1) is 19.6 Å². The number of rotatable bonds is 5. The average Bonchev–Trinajstić information content (AvgIpc) is 3.22. The van der Waals surface area contributed by atoms with E-state index in [0.717, 1.165) is 27.8 Å². The molecule has 0 saturated heterocycles. The molecule has 5 nitrogen and oxygen atoms in total. The predicted octanol–water partition coefficient (Wildman–Crippen LogP) is 3.96. The Kier molecular flexibility index (Phi) is 4.58. The Labute approximate surface area is 157 Å². The number of carbonyl (C=O) groups excluding carboxylic acids is 1. The smallest absolute Gasteiger partial charge is 0.270 e. The number of methoxy groups -OCH3 is 1. The van der Waals surface area contributed by atoms with Crippen molar-refractivity contribution < 1.29 is 9.53 Å². The highest BCUT2D eigenvalue weighted by Gasteiger charge is 2.12. The molecule has 134 valence electrons. The van der Waals surface area contributed by atoms with Gasteiger partial charge < -0.3 is 10.1 Å². The number of nitrogens with zero attached hydrogens (tertiary/aromatic N) is 2. The molecular weight excluding hydrogens is 338 g/mol. The molecule has 0 saturated carbocycles. The Hall–Kier alpha value is -3.60. The van der Waals surface area contributed by atoms with Crippen molar-refractivity contribution in [2.24, 2.45) is 0 Å². The third-order valence-electron chi connectivity index (χ3n) is 4.47. The van der Waals surface area contributed by atoms with Crippen LogP contribution in [0.4, 0.5) is 0 Å². The van der Waals surface area contributed by atoms with E-state index in [4.69, 9.17) is 4.74 Å². The molecule has 0 atom stereocenters. The molecule has 0 aliphatic heterocycles. The molecule has 0 bridgehead atoms. The SMILES string of the molecule is COc1ccc2cc(CNC(=O)c3cncn3-c3ccccc3)ccc2c1. The monoisotopic (exact) mass is 357 g/mol. The first-order valence-corrected chi connectivity index (χ1v) is 8.67. The summed E-state index contributed by atoms with van der Waals surface area (Å²) in [6.45, 7) is 0.445. The third-order valence-corrected chi connectivity index (χ3v) is 4.47. The number of nitrogens with one attached hydrogen (secondary N) is 1. The maximum Gasteiger partial charge on any atom is 0.270 e. The Morgan fingerprint density at radius 1 is 1.04 bits per heavy atom. The third kappa shape index (κ3) is 3.53. The summed E-state index contributed by atoms with van der Waals surface area (Å²) in [6.07, 6.45) is 3.22. The zero-order valence-corrected chi connectivity index (χ0v) is 14.9. The molecule has 1 N–H and O–H groups in total. The lowest BCUT2D eigenvalue weighted by atomic mass is 10.1. The molecule has 0 fully saturated rings. The molecule has 1 amide bonds. The highest BCUT2D eigenvalue weighted by atomic mass is 16.5. The second-order valence-electron chi connectivity index (χ2n) is 6.21. The van der Waals surface area contributed by atoms with Crippen molar-refractivity contribution in [3.63, 3.8) is 0 Å². The van der Waals surface area contributed by atoms with Crippen LogP contribution < -0.4 is 10.1 Å². The van der Waals surface area contributed by atoms with Crippen LogP contribution >= 0.6 is 0 Å². The molecule has 1 aromatic heterocycles. The van der Waals surface area contributed by atoms with Gasteiger partial charge in [0.25, 0.3) is 5.91 Å². The molecule has 0 radical (unpaired) electrons. The summed E-state index contributed by atoms with van der Waals surface area (Å²) in [7, 11) is 1.66. The zero-order valence-electron chi connectivity index (χ0n) is 14.9. The van der Waals surface area contributed by atoms with E-state index in [1.54, 1.807) is 24.2 Å². The maximum absolute atomic E-state index is 12.6. The van der Waals surface area contributed by atoms with Crippen LogP contribution in [0.25, 0.3) is 16.5 Å². The average molecular weight is 357 g/mol. The number of aromatic nitrogens is 2. The lowest BCUT2D eigenvalue weighted by Gasteiger charge is -2.10. The largest absolute Gasteiger partial charge is 0.497 e. The normalized spacial score (nSPS) is 10.7. The molecule has 0 spiro atoms. The van der Waals surface area contributed by atoms with E-state index < -0.39 is 0 Å². The van der Waals surface area contributed by atoms with Crippen LogP contribution in [0.2, 0.25) is 0 Å². The maximum atomic E-state index is 12.6. The molecule has 3 aromatic carbocycles. The van der Waals surface area contributed by atoms with Crippen LogP contribution in [-0.4, -0.2) is 22.6 Å². The van der Waals surface area contributed by atoms with Gasteiger partial charge >= 0.3 is 0 Å². The van der Waals surface area contributed by atoms with Crippen LogP contribution in [0, 0.1) is 0 Å². The minimum atomic E-state index is -0.161. The van der Waals surface area contributed by atoms with Gasteiger partial charge in [-0.05, 0) is 46.7 Å². The van der Waals surface area contributed by atoms with Gasteiger partial charge in [0.2, 0.25) is 0 Å². The molecule has 0 aliphatic carbocycles. The van der Waals surface area contributed by atoms with Gasteiger partial charge in [-0.15, -0.1) is 0 Å². The van der Waals surface area contributed by atoms with Crippen molar-refractivity contribution in [2.75, 3.05) is 7.11 Å². The van der Waals surface area contributed by atoms with Crippen LogP contribution in [0.15, 0.2) is 79.3 Å². The minimum Gasteiger partial charge on any atom is -0.497 e. The van der Waals surface area contributed by atoms with Crippen LogP contribution in [0.1, 0.15) is 16.1 Å². The summed E-state index contributed by atoms with van der Waals surface area (Å²) in [5.74, 6) is 0.670. The summed E-state index contributed by atoms with van der Waals surface area (Å²) in [6, 6.07) is 21.8. The number of para-hydroxylation sites is 1. The van der Waals surface area contributed by atoms with Gasteiger partial charge in [-0.3, -0.25) is 9.36 Å². The second kappa shape index (κ2) is 7.33. The van der Waals surface area contributed by atoms with E-state index in [1.807, 2.05) is 60.7 Å². The fourth-order valence-corrected chi connectivity index (χ4v) is 3.04. The molecule has 4 rings (SSSR count). The highest BCUT2D eigenvalue weighted by molar-refractivity contribution is 5.93. The minimum absolute atomic E-state index is 0.161. The van der Waals surface area contributed by atoms with Crippen molar-refractivity contribution in [1.82, 2.24) is 14.9 Å². The first kappa shape index (κ1) is 16.8. The summed E-state index contributed by atoms with van der Waals surface area (Å²) < 4.78 is 7.04. The molecule has 5 heteroatoms. The van der Waals surface area contributed by atoms with Crippen molar-refractivity contribution in [3.8, 4) is 11.4 Å². The van der Waals surface area contributed by atoms with E-state index in [-0.39, 0.29) is 5.91 Å². The van der Waals surface area contributed by atoms with Crippen LogP contribution in [-0.2, 0) is 6.54 Å². The van der Waals surface area contributed by atoms with Gasteiger partial charge in [0.1, 0.15) is 11.4 Å². The Morgan fingerprint density at radius 2 is 1.81 bits per heavy atom. The fraction of sp³-hybridized carbons (Fsp3) is 0.0909. The van der Waals surface area contributed by atoms with E-state index in [2.05, 4.69) is 16.4 Å². The standard InChI is InChI=1S/C22H19N3O2/c1-27-20-10-9-17-11-16(7-8-18(17)12-20)13-24-22(26)21-14-23-15-25(21)19-5-3-2-4-6-19/h2-12,14-15H,13H2,1H3,(H,24,26). The van der Waals surface area contributed by atoms with Gasteiger partial charge in [-0.25, -0.2) is 4.98 Å². The van der Waals surface area contributed by atoms with E-state index in [1.165, 1.54) is 0 Å². The molecule has 27 heavy (non-hydrogen) atoms. The second-order valence-corrected chi connectivity index (χ2v) is 6.21. The summed E-state index contributed by atoms with van der Waals surface area (Å²) >= 11 is 0. The number of hydrogen-bond acceptors (Lipinski definition) is 3. The van der Waals surface area contributed by atoms with Gasteiger partial charge in [0.15, 0.2) is 0 Å². The summed E-state index contributed by atoms with van der Waals surface area (Å²) in [4.78, 5) is 16.8. The quantitative estimate of drug-likeness (QED) is 0.588. The number of hydrogen-bond donors (Lipinski definition) is 1. The summed E-state index contributed by atoms with van der Waals surface area (Å²) in [5, 5.41) is 5.19. The Morgan fingerprint density at radius 3 is 2.63 bits per heavy atom. The number of carbonyl (C=O) groups is 1. The Bertz CT molecular complexity index is 1090. The molecule has 0 unspecified atom stereocenters. The fourth-order valence-electron chi connectivity index (χ4n) is 3.04. The van der Waals surface area contributed by atoms with Crippen LogP contribution in [0.3, 0.4) is 0 Å². The number of imidazole rings is 1. The molecular formula is C22H19N3O2. The molecule has 1 heterocycles.